The van der Waals surface area contributed by atoms with Crippen LogP contribution >= 0.6 is 0 Å². The van der Waals surface area contributed by atoms with E-state index < -0.39 is 5.97 Å². The van der Waals surface area contributed by atoms with E-state index in [1.165, 1.54) is 10.6 Å². The molecule has 0 radical (unpaired) electrons. The molecule has 0 aliphatic rings. The summed E-state index contributed by atoms with van der Waals surface area (Å²) in [4.78, 5) is 27.1. The fourth-order valence-corrected chi connectivity index (χ4v) is 1.99. The van der Waals surface area contributed by atoms with E-state index in [1.54, 1.807) is 20.8 Å². The van der Waals surface area contributed by atoms with Crippen LogP contribution in [0.2, 0.25) is 0 Å². The zero-order valence-electron chi connectivity index (χ0n) is 10.8. The van der Waals surface area contributed by atoms with Crippen molar-refractivity contribution < 1.29 is 14.4 Å². The van der Waals surface area contributed by atoms with Crippen molar-refractivity contribution in [2.75, 3.05) is 0 Å². The summed E-state index contributed by atoms with van der Waals surface area (Å²) < 4.78 is 6.15. The van der Waals surface area contributed by atoms with Crippen LogP contribution < -0.4 is 5.56 Å². The minimum Gasteiger partial charge on any atom is -0.478 e. The van der Waals surface area contributed by atoms with Gasteiger partial charge in [-0.15, -0.1) is 0 Å². The number of carboxylic acids is 1. The first-order valence-corrected chi connectivity index (χ1v) is 5.63. The Bertz CT molecular complexity index is 699. The van der Waals surface area contributed by atoms with Gasteiger partial charge in [0.05, 0.1) is 12.1 Å². The lowest BCUT2D eigenvalue weighted by atomic mass is 10.1. The predicted molar refractivity (Wildman–Crippen MR) is 65.3 cm³/mol. The maximum Gasteiger partial charge on any atom is 0.337 e. The van der Waals surface area contributed by atoms with Gasteiger partial charge in [0.15, 0.2) is 5.82 Å². The Hall–Kier alpha value is -2.44. The molecular formula is C12H13N3O4. The van der Waals surface area contributed by atoms with Crippen molar-refractivity contribution in [2.45, 2.75) is 27.3 Å². The molecule has 0 fully saturated rings. The Morgan fingerprint density at radius 3 is 2.63 bits per heavy atom. The van der Waals surface area contributed by atoms with E-state index in [0.717, 1.165) is 0 Å². The minimum atomic E-state index is -1.06. The summed E-state index contributed by atoms with van der Waals surface area (Å²) in [6.45, 7) is 4.91. The Balaban J connectivity index is 2.54. The average molecular weight is 263 g/mol. The van der Waals surface area contributed by atoms with Crippen molar-refractivity contribution in [1.29, 1.82) is 0 Å². The second kappa shape index (κ2) is 4.68. The van der Waals surface area contributed by atoms with E-state index in [2.05, 4.69) is 10.1 Å². The Morgan fingerprint density at radius 2 is 2.11 bits per heavy atom. The van der Waals surface area contributed by atoms with Gasteiger partial charge < -0.3 is 14.2 Å². The first-order chi connectivity index (χ1) is 8.90. The maximum atomic E-state index is 11.9. The highest BCUT2D eigenvalue weighted by Gasteiger charge is 2.17. The molecule has 0 amide bonds. The third kappa shape index (κ3) is 2.40. The van der Waals surface area contributed by atoms with Gasteiger partial charge in [0.25, 0.3) is 5.56 Å². The van der Waals surface area contributed by atoms with Crippen molar-refractivity contribution in [3.8, 4) is 0 Å². The lowest BCUT2D eigenvalue weighted by Gasteiger charge is -2.12. The van der Waals surface area contributed by atoms with Gasteiger partial charge in [-0.1, -0.05) is 5.16 Å². The van der Waals surface area contributed by atoms with Gasteiger partial charge in [-0.05, 0) is 19.4 Å². The Kier molecular flexibility index (Phi) is 3.20. The third-order valence-corrected chi connectivity index (χ3v) is 2.85. The van der Waals surface area contributed by atoms with Crippen molar-refractivity contribution in [3.05, 3.63) is 45.0 Å². The summed E-state index contributed by atoms with van der Waals surface area (Å²) in [6.07, 6.45) is 0. The molecule has 0 saturated heterocycles. The van der Waals surface area contributed by atoms with Crippen LogP contribution in [0, 0.1) is 20.8 Å². The molecule has 0 aromatic carbocycles. The first-order valence-electron chi connectivity index (χ1n) is 5.63. The molecule has 100 valence electrons. The third-order valence-electron chi connectivity index (χ3n) is 2.85. The number of rotatable bonds is 3. The summed E-state index contributed by atoms with van der Waals surface area (Å²) in [5, 5.41) is 12.9. The van der Waals surface area contributed by atoms with E-state index in [0.29, 0.717) is 23.0 Å². The molecule has 0 spiro atoms. The molecule has 19 heavy (non-hydrogen) atoms. The van der Waals surface area contributed by atoms with Gasteiger partial charge >= 0.3 is 5.97 Å². The Labute approximate surface area is 108 Å². The molecule has 2 aromatic rings. The summed E-state index contributed by atoms with van der Waals surface area (Å²) in [6, 6.07) is 1.30. The van der Waals surface area contributed by atoms with Crippen LogP contribution in [-0.4, -0.2) is 25.8 Å². The number of aromatic nitrogens is 3. The van der Waals surface area contributed by atoms with Crippen molar-refractivity contribution >= 4 is 5.97 Å². The average Bonchev–Trinajstić information content (AvgIpc) is 2.69. The lowest BCUT2D eigenvalue weighted by Crippen LogP contribution is -2.26. The minimum absolute atomic E-state index is 0.0859. The van der Waals surface area contributed by atoms with Gasteiger partial charge in [0, 0.05) is 18.7 Å². The number of nitrogens with zero attached hydrogens (tertiary/aromatic N) is 3. The molecule has 2 rings (SSSR count). The molecule has 1 N–H and O–H groups in total. The van der Waals surface area contributed by atoms with Gasteiger partial charge in [-0.2, -0.15) is 4.98 Å². The summed E-state index contributed by atoms with van der Waals surface area (Å²) in [7, 11) is 0. The molecule has 7 nitrogen and oxygen atoms in total. The van der Waals surface area contributed by atoms with Crippen molar-refractivity contribution in [1.82, 2.24) is 14.7 Å². The van der Waals surface area contributed by atoms with Gasteiger partial charge in [0.2, 0.25) is 5.89 Å². The maximum absolute atomic E-state index is 11.9. The predicted octanol–water partition coefficient (Wildman–Crippen LogP) is 0.903. The van der Waals surface area contributed by atoms with Gasteiger partial charge in [-0.3, -0.25) is 4.79 Å². The zero-order valence-corrected chi connectivity index (χ0v) is 10.8. The highest BCUT2D eigenvalue weighted by atomic mass is 16.5. The smallest absolute Gasteiger partial charge is 0.337 e. The monoisotopic (exact) mass is 263 g/mol. The van der Waals surface area contributed by atoms with E-state index in [9.17, 15) is 9.59 Å². The zero-order chi connectivity index (χ0) is 14.2. The number of pyridine rings is 1. The molecule has 0 unspecified atom stereocenters. The van der Waals surface area contributed by atoms with Crippen LogP contribution in [0.1, 0.15) is 33.3 Å². The molecule has 0 aliphatic carbocycles. The van der Waals surface area contributed by atoms with Crippen LogP contribution in [0.25, 0.3) is 0 Å². The van der Waals surface area contributed by atoms with E-state index >= 15 is 0 Å². The highest BCUT2D eigenvalue weighted by molar-refractivity contribution is 5.90. The molecule has 7 heteroatoms. The van der Waals surface area contributed by atoms with Crippen LogP contribution in [0.3, 0.4) is 0 Å². The topological polar surface area (TPSA) is 98.2 Å². The number of hydrogen-bond acceptors (Lipinski definition) is 5. The number of aryl methyl sites for hydroxylation is 2. The fraction of sp³-hybridized carbons (Fsp3) is 0.333. The molecule has 0 aliphatic heterocycles. The Morgan fingerprint density at radius 1 is 1.42 bits per heavy atom. The molecule has 0 saturated carbocycles. The van der Waals surface area contributed by atoms with E-state index in [4.69, 9.17) is 9.63 Å². The second-order valence-electron chi connectivity index (χ2n) is 4.25. The molecule has 2 aromatic heterocycles. The first kappa shape index (κ1) is 13.0. The van der Waals surface area contributed by atoms with Crippen molar-refractivity contribution in [2.24, 2.45) is 0 Å². The summed E-state index contributed by atoms with van der Waals surface area (Å²) >= 11 is 0. The van der Waals surface area contributed by atoms with Crippen molar-refractivity contribution in [3.63, 3.8) is 0 Å². The lowest BCUT2D eigenvalue weighted by molar-refractivity contribution is 0.0694. The van der Waals surface area contributed by atoms with Gasteiger partial charge in [0.1, 0.15) is 0 Å². The number of carbonyl (C=O) groups is 1. The standard InChI is InChI=1S/C12H13N3O4/c1-6-4-10(16)15(7(2)11(6)12(17)18)5-9-13-8(3)19-14-9/h4H,5H2,1-3H3,(H,17,18). The van der Waals surface area contributed by atoms with Gasteiger partial charge in [-0.25, -0.2) is 4.79 Å². The number of hydrogen-bond donors (Lipinski definition) is 1. The highest BCUT2D eigenvalue weighted by Crippen LogP contribution is 2.12. The van der Waals surface area contributed by atoms with Crippen LogP contribution in [0.15, 0.2) is 15.4 Å². The number of carboxylic acid groups (broad SMARTS) is 1. The SMILES string of the molecule is Cc1nc(Cn2c(C)c(C(=O)O)c(C)cc2=O)no1. The van der Waals surface area contributed by atoms with E-state index in [1.807, 2.05) is 0 Å². The summed E-state index contributed by atoms with van der Waals surface area (Å²) in [5.41, 5.74) is 0.651. The molecular weight excluding hydrogens is 250 g/mol. The van der Waals surface area contributed by atoms with E-state index in [-0.39, 0.29) is 17.7 Å². The quantitative estimate of drug-likeness (QED) is 0.883. The molecule has 0 bridgehead atoms. The van der Waals surface area contributed by atoms with Crippen LogP contribution in [0.4, 0.5) is 0 Å². The largest absolute Gasteiger partial charge is 0.478 e. The fourth-order valence-electron chi connectivity index (χ4n) is 1.99. The normalized spacial score (nSPS) is 10.7. The van der Waals surface area contributed by atoms with Crippen LogP contribution in [-0.2, 0) is 6.54 Å². The second-order valence-corrected chi connectivity index (χ2v) is 4.25. The van der Waals surface area contributed by atoms with Crippen LogP contribution in [0.5, 0.6) is 0 Å². The summed E-state index contributed by atoms with van der Waals surface area (Å²) in [5.74, 6) is -0.331. The number of aromatic carboxylic acids is 1. The molecule has 2 heterocycles. The molecule has 0 atom stereocenters.